The molecule has 0 saturated heterocycles. The van der Waals surface area contributed by atoms with Crippen molar-refractivity contribution in [1.29, 1.82) is 0 Å². The highest BCUT2D eigenvalue weighted by atomic mass is 35.5. The zero-order valence-corrected chi connectivity index (χ0v) is 11.7. The van der Waals surface area contributed by atoms with Crippen molar-refractivity contribution in [2.24, 2.45) is 0 Å². The summed E-state index contributed by atoms with van der Waals surface area (Å²) >= 11 is 5.85. The van der Waals surface area contributed by atoms with E-state index in [0.29, 0.717) is 0 Å². The van der Waals surface area contributed by atoms with Crippen molar-refractivity contribution < 1.29 is 0 Å². The molecule has 1 saturated carbocycles. The average molecular weight is 264 g/mol. The maximum absolute atomic E-state index is 5.85. The van der Waals surface area contributed by atoms with Gasteiger partial charge in [0.2, 0.25) is 0 Å². The predicted molar refractivity (Wildman–Crippen MR) is 77.4 cm³/mol. The van der Waals surface area contributed by atoms with E-state index in [1.54, 1.807) is 11.1 Å². The lowest BCUT2D eigenvalue weighted by Gasteiger charge is -2.42. The Morgan fingerprint density at radius 2 is 2.06 bits per heavy atom. The summed E-state index contributed by atoms with van der Waals surface area (Å²) in [6.45, 7) is 2.44. The van der Waals surface area contributed by atoms with Crippen molar-refractivity contribution in [2.75, 3.05) is 19.0 Å². The molecule has 0 N–H and O–H groups in total. The van der Waals surface area contributed by atoms with E-state index in [2.05, 4.69) is 29.2 Å². The van der Waals surface area contributed by atoms with Crippen LogP contribution in [-0.4, -0.2) is 29.9 Å². The summed E-state index contributed by atoms with van der Waals surface area (Å²) in [5.41, 5.74) is 3.15. The number of hydrogen-bond acceptors (Lipinski definition) is 1. The molecular formula is C16H22ClN. The molecule has 0 bridgehead atoms. The third kappa shape index (κ3) is 2.44. The molecule has 2 aliphatic rings. The van der Waals surface area contributed by atoms with Gasteiger partial charge in [-0.2, -0.15) is 0 Å². The maximum atomic E-state index is 5.85. The number of rotatable bonds is 6. The van der Waals surface area contributed by atoms with Crippen LogP contribution in [0.2, 0.25) is 0 Å². The monoisotopic (exact) mass is 263 g/mol. The molecule has 1 unspecified atom stereocenters. The molecule has 2 heteroatoms. The predicted octanol–water partition coefficient (Wildman–Crippen LogP) is 3.81. The molecule has 2 aliphatic carbocycles. The van der Waals surface area contributed by atoms with Gasteiger partial charge in [0.1, 0.15) is 0 Å². The van der Waals surface area contributed by atoms with E-state index >= 15 is 0 Å². The smallest absolute Gasteiger partial charge is 0.0235 e. The zero-order valence-electron chi connectivity index (χ0n) is 10.9. The molecule has 1 aromatic rings. The summed E-state index contributed by atoms with van der Waals surface area (Å²) in [5.74, 6) is 1.57. The first-order valence-electron chi connectivity index (χ1n) is 7.26. The van der Waals surface area contributed by atoms with Crippen molar-refractivity contribution in [3.63, 3.8) is 0 Å². The number of nitrogens with zero attached hydrogens (tertiary/aromatic N) is 1. The van der Waals surface area contributed by atoms with Crippen molar-refractivity contribution >= 4 is 11.6 Å². The molecule has 1 fully saturated rings. The van der Waals surface area contributed by atoms with Gasteiger partial charge in [0.15, 0.2) is 0 Å². The molecule has 0 amide bonds. The summed E-state index contributed by atoms with van der Waals surface area (Å²) in [7, 11) is 0. The highest BCUT2D eigenvalue weighted by Gasteiger charge is 2.31. The van der Waals surface area contributed by atoms with Gasteiger partial charge < -0.3 is 0 Å². The van der Waals surface area contributed by atoms with Gasteiger partial charge in [-0.15, -0.1) is 11.6 Å². The highest BCUT2D eigenvalue weighted by Crippen LogP contribution is 2.37. The molecule has 1 atom stereocenters. The largest absolute Gasteiger partial charge is 0.300 e. The van der Waals surface area contributed by atoms with Crippen molar-refractivity contribution in [2.45, 2.75) is 44.1 Å². The minimum absolute atomic E-state index is 0.775. The summed E-state index contributed by atoms with van der Waals surface area (Å²) < 4.78 is 0. The van der Waals surface area contributed by atoms with E-state index < -0.39 is 0 Å². The standard InChI is InChI=1S/C16H22ClN/c17-9-4-10-18(15-6-3-7-15)12-14-11-13-5-1-2-8-16(13)14/h1-2,5,8,14-15H,3-4,6-7,9-12H2. The number of alkyl halides is 1. The first kappa shape index (κ1) is 12.5. The summed E-state index contributed by atoms with van der Waals surface area (Å²) in [5, 5.41) is 0. The van der Waals surface area contributed by atoms with Gasteiger partial charge >= 0.3 is 0 Å². The average Bonchev–Trinajstić information content (AvgIpc) is 2.30. The lowest BCUT2D eigenvalue weighted by Crippen LogP contribution is -2.44. The molecule has 1 nitrogen and oxygen atoms in total. The van der Waals surface area contributed by atoms with Gasteiger partial charge in [0.05, 0.1) is 0 Å². The Balaban J connectivity index is 1.60. The van der Waals surface area contributed by atoms with E-state index in [0.717, 1.165) is 24.3 Å². The van der Waals surface area contributed by atoms with Crippen molar-refractivity contribution in [3.05, 3.63) is 35.4 Å². The maximum Gasteiger partial charge on any atom is 0.0235 e. The number of benzene rings is 1. The van der Waals surface area contributed by atoms with Crippen LogP contribution < -0.4 is 0 Å². The topological polar surface area (TPSA) is 3.24 Å². The Hall–Kier alpha value is -0.530. The fourth-order valence-corrected chi connectivity index (χ4v) is 3.37. The van der Waals surface area contributed by atoms with E-state index in [1.807, 2.05) is 0 Å². The normalized spacial score (nSPS) is 22.4. The third-order valence-electron chi connectivity index (χ3n) is 4.59. The summed E-state index contributed by atoms with van der Waals surface area (Å²) in [6.07, 6.45) is 6.63. The van der Waals surface area contributed by atoms with Crippen LogP contribution in [0.3, 0.4) is 0 Å². The van der Waals surface area contributed by atoms with Crippen LogP contribution in [0.15, 0.2) is 24.3 Å². The Kier molecular flexibility index (Phi) is 3.91. The molecule has 1 aromatic carbocycles. The van der Waals surface area contributed by atoms with Crippen LogP contribution in [0.5, 0.6) is 0 Å². The number of hydrogen-bond donors (Lipinski definition) is 0. The fraction of sp³-hybridized carbons (Fsp3) is 0.625. The Morgan fingerprint density at radius 3 is 2.72 bits per heavy atom. The molecule has 98 valence electrons. The first-order valence-corrected chi connectivity index (χ1v) is 7.80. The van der Waals surface area contributed by atoms with Gasteiger partial charge in [0, 0.05) is 24.4 Å². The molecule has 18 heavy (non-hydrogen) atoms. The van der Waals surface area contributed by atoms with Crippen LogP contribution in [0.4, 0.5) is 0 Å². The minimum Gasteiger partial charge on any atom is -0.300 e. The molecule has 3 rings (SSSR count). The zero-order chi connectivity index (χ0) is 12.4. The molecule has 0 aromatic heterocycles. The van der Waals surface area contributed by atoms with Crippen LogP contribution in [0, 0.1) is 0 Å². The lowest BCUT2D eigenvalue weighted by atomic mass is 9.76. The van der Waals surface area contributed by atoms with E-state index in [1.165, 1.54) is 38.8 Å². The molecule has 0 spiro atoms. The lowest BCUT2D eigenvalue weighted by molar-refractivity contribution is 0.116. The van der Waals surface area contributed by atoms with Crippen LogP contribution in [-0.2, 0) is 6.42 Å². The molecule has 0 aliphatic heterocycles. The van der Waals surface area contributed by atoms with Gasteiger partial charge in [-0.1, -0.05) is 30.7 Å². The highest BCUT2D eigenvalue weighted by molar-refractivity contribution is 6.17. The minimum atomic E-state index is 0.775. The van der Waals surface area contributed by atoms with Gasteiger partial charge in [0.25, 0.3) is 0 Å². The van der Waals surface area contributed by atoms with Crippen LogP contribution in [0.25, 0.3) is 0 Å². The van der Waals surface area contributed by atoms with Gasteiger partial charge in [-0.25, -0.2) is 0 Å². The fourth-order valence-electron chi connectivity index (χ4n) is 3.25. The van der Waals surface area contributed by atoms with E-state index in [9.17, 15) is 0 Å². The number of fused-ring (bicyclic) bond motifs is 1. The second-order valence-corrected chi connectivity index (χ2v) is 6.10. The number of halogens is 1. The van der Waals surface area contributed by atoms with Crippen molar-refractivity contribution in [1.82, 2.24) is 4.90 Å². The molecule has 0 heterocycles. The van der Waals surface area contributed by atoms with Gasteiger partial charge in [-0.05, 0) is 43.4 Å². The second-order valence-electron chi connectivity index (χ2n) is 5.72. The SMILES string of the molecule is ClCCCN(CC1Cc2ccccc21)C1CCC1. The van der Waals surface area contributed by atoms with Crippen molar-refractivity contribution in [3.8, 4) is 0 Å². The molecule has 0 radical (unpaired) electrons. The van der Waals surface area contributed by atoms with Crippen LogP contribution >= 0.6 is 11.6 Å². The van der Waals surface area contributed by atoms with E-state index in [4.69, 9.17) is 11.6 Å². The molecular weight excluding hydrogens is 242 g/mol. The third-order valence-corrected chi connectivity index (χ3v) is 4.85. The Bertz CT molecular complexity index is 400. The van der Waals surface area contributed by atoms with E-state index in [-0.39, 0.29) is 0 Å². The quantitative estimate of drug-likeness (QED) is 0.706. The summed E-state index contributed by atoms with van der Waals surface area (Å²) in [6, 6.07) is 9.77. The Labute approximate surface area is 115 Å². The second kappa shape index (κ2) is 5.63. The Morgan fingerprint density at radius 1 is 1.22 bits per heavy atom. The first-order chi connectivity index (χ1) is 8.88. The van der Waals surface area contributed by atoms with Gasteiger partial charge in [-0.3, -0.25) is 4.90 Å². The summed E-state index contributed by atoms with van der Waals surface area (Å²) in [4.78, 5) is 2.70. The van der Waals surface area contributed by atoms with Crippen LogP contribution in [0.1, 0.15) is 42.7 Å².